The van der Waals surface area contributed by atoms with Crippen LogP contribution in [0.25, 0.3) is 10.6 Å². The first-order valence-corrected chi connectivity index (χ1v) is 7.97. The number of benzene rings is 2. The van der Waals surface area contributed by atoms with Gasteiger partial charge in [0.25, 0.3) is 5.91 Å². The summed E-state index contributed by atoms with van der Waals surface area (Å²) >= 11 is 7.16. The van der Waals surface area contributed by atoms with Gasteiger partial charge in [-0.05, 0) is 18.2 Å². The molecule has 1 heterocycles. The maximum atomic E-state index is 11.9. The van der Waals surface area contributed by atoms with Crippen LogP contribution in [0.4, 0.5) is 5.13 Å². The Balaban J connectivity index is 1.57. The summed E-state index contributed by atoms with van der Waals surface area (Å²) in [6.45, 7) is -0.124. The van der Waals surface area contributed by atoms with Gasteiger partial charge in [0.2, 0.25) is 5.13 Å². The zero-order chi connectivity index (χ0) is 16.1. The first-order valence-electron chi connectivity index (χ1n) is 6.78. The van der Waals surface area contributed by atoms with E-state index in [1.54, 1.807) is 24.3 Å². The van der Waals surface area contributed by atoms with Gasteiger partial charge in [0, 0.05) is 10.6 Å². The number of nitrogens with zero attached hydrogens (tertiary/aromatic N) is 2. The minimum atomic E-state index is -0.305. The molecule has 3 aromatic rings. The molecule has 0 fully saturated rings. The van der Waals surface area contributed by atoms with Crippen molar-refractivity contribution >= 4 is 34.0 Å². The van der Waals surface area contributed by atoms with Crippen molar-refractivity contribution in [1.29, 1.82) is 0 Å². The van der Waals surface area contributed by atoms with Gasteiger partial charge in [-0.15, -0.1) is 10.2 Å². The molecule has 116 valence electrons. The largest absolute Gasteiger partial charge is 0.484 e. The highest BCUT2D eigenvalue weighted by Crippen LogP contribution is 2.25. The number of anilines is 1. The molecule has 0 spiro atoms. The summed E-state index contributed by atoms with van der Waals surface area (Å²) in [7, 11) is 0. The van der Waals surface area contributed by atoms with Crippen LogP contribution in [-0.4, -0.2) is 22.7 Å². The molecule has 1 amide bonds. The van der Waals surface area contributed by atoms with Crippen LogP contribution >= 0.6 is 22.9 Å². The number of carbonyl (C=O) groups excluding carboxylic acids is 1. The summed E-state index contributed by atoms with van der Waals surface area (Å²) in [4.78, 5) is 11.9. The van der Waals surface area contributed by atoms with Crippen LogP contribution in [0.2, 0.25) is 5.02 Å². The van der Waals surface area contributed by atoms with E-state index in [4.69, 9.17) is 16.3 Å². The number of amides is 1. The van der Waals surface area contributed by atoms with Gasteiger partial charge in [0.15, 0.2) is 6.61 Å². The maximum Gasteiger partial charge on any atom is 0.264 e. The third kappa shape index (κ3) is 4.28. The zero-order valence-electron chi connectivity index (χ0n) is 11.9. The average molecular weight is 346 g/mol. The molecule has 0 saturated carbocycles. The van der Waals surface area contributed by atoms with Crippen molar-refractivity contribution in [2.45, 2.75) is 0 Å². The van der Waals surface area contributed by atoms with E-state index >= 15 is 0 Å². The second-order valence-corrected chi connectivity index (χ2v) is 5.99. The smallest absolute Gasteiger partial charge is 0.264 e. The Bertz CT molecular complexity index is 808. The highest BCUT2D eigenvalue weighted by atomic mass is 35.5. The standard InChI is InChI=1S/C16H12ClN3O2S/c17-12-7-4-8-13(9-12)22-10-14(21)18-16-20-19-15(23-16)11-5-2-1-3-6-11/h1-9H,10H2,(H,18,20,21). The number of aromatic nitrogens is 2. The quantitative estimate of drug-likeness (QED) is 0.762. The van der Waals surface area contributed by atoms with Gasteiger partial charge in [-0.25, -0.2) is 0 Å². The molecular formula is C16H12ClN3O2S. The van der Waals surface area contributed by atoms with E-state index in [2.05, 4.69) is 15.5 Å². The monoisotopic (exact) mass is 345 g/mol. The van der Waals surface area contributed by atoms with E-state index in [0.29, 0.717) is 15.9 Å². The van der Waals surface area contributed by atoms with E-state index < -0.39 is 0 Å². The molecule has 0 saturated heterocycles. The van der Waals surface area contributed by atoms with Crippen molar-refractivity contribution in [3.63, 3.8) is 0 Å². The summed E-state index contributed by atoms with van der Waals surface area (Å²) in [5.74, 6) is 0.232. The maximum absolute atomic E-state index is 11.9. The van der Waals surface area contributed by atoms with Gasteiger partial charge in [-0.1, -0.05) is 59.3 Å². The number of rotatable bonds is 5. The van der Waals surface area contributed by atoms with Crippen LogP contribution in [0.5, 0.6) is 5.75 Å². The summed E-state index contributed by atoms with van der Waals surface area (Å²) in [5, 5.41) is 12.4. The Kier molecular flexibility index (Phi) is 4.85. The Hall–Kier alpha value is -2.44. The molecule has 23 heavy (non-hydrogen) atoms. The normalized spacial score (nSPS) is 10.3. The third-order valence-corrected chi connectivity index (χ3v) is 3.98. The summed E-state index contributed by atoms with van der Waals surface area (Å²) in [6, 6.07) is 16.5. The Morgan fingerprint density at radius 3 is 2.74 bits per heavy atom. The predicted molar refractivity (Wildman–Crippen MR) is 90.9 cm³/mol. The summed E-state index contributed by atoms with van der Waals surface area (Å²) in [5.41, 5.74) is 0.959. The van der Waals surface area contributed by atoms with Gasteiger partial charge < -0.3 is 4.74 Å². The van der Waals surface area contributed by atoms with Crippen molar-refractivity contribution in [1.82, 2.24) is 10.2 Å². The first kappa shape index (κ1) is 15.5. The molecule has 7 heteroatoms. The van der Waals surface area contributed by atoms with Gasteiger partial charge >= 0.3 is 0 Å². The molecule has 0 unspecified atom stereocenters. The Morgan fingerprint density at radius 2 is 1.96 bits per heavy atom. The lowest BCUT2D eigenvalue weighted by atomic mass is 10.2. The van der Waals surface area contributed by atoms with Crippen LogP contribution in [0.15, 0.2) is 54.6 Å². The molecule has 0 aliphatic carbocycles. The van der Waals surface area contributed by atoms with Crippen molar-refractivity contribution in [3.8, 4) is 16.3 Å². The van der Waals surface area contributed by atoms with Gasteiger partial charge in [-0.2, -0.15) is 0 Å². The number of halogens is 1. The minimum Gasteiger partial charge on any atom is -0.484 e. The molecular weight excluding hydrogens is 334 g/mol. The van der Waals surface area contributed by atoms with Crippen LogP contribution in [-0.2, 0) is 4.79 Å². The van der Waals surface area contributed by atoms with Crippen molar-refractivity contribution < 1.29 is 9.53 Å². The third-order valence-electron chi connectivity index (χ3n) is 2.86. The zero-order valence-corrected chi connectivity index (χ0v) is 13.5. The number of ether oxygens (including phenoxy) is 1. The molecule has 2 aromatic carbocycles. The van der Waals surface area contributed by atoms with E-state index in [1.807, 2.05) is 30.3 Å². The second-order valence-electron chi connectivity index (χ2n) is 4.57. The van der Waals surface area contributed by atoms with E-state index in [0.717, 1.165) is 10.6 Å². The lowest BCUT2D eigenvalue weighted by Gasteiger charge is -2.05. The SMILES string of the molecule is O=C(COc1cccc(Cl)c1)Nc1nnc(-c2ccccc2)s1. The Labute approximate surface area is 141 Å². The molecule has 0 atom stereocenters. The topological polar surface area (TPSA) is 64.1 Å². The Morgan fingerprint density at radius 1 is 1.13 bits per heavy atom. The van der Waals surface area contributed by atoms with Gasteiger partial charge in [0.05, 0.1) is 0 Å². The average Bonchev–Trinajstić information content (AvgIpc) is 3.02. The molecule has 1 N–H and O–H groups in total. The molecule has 1 aromatic heterocycles. The van der Waals surface area contributed by atoms with Gasteiger partial charge in [0.1, 0.15) is 10.8 Å². The molecule has 0 aliphatic rings. The number of hydrogen-bond acceptors (Lipinski definition) is 5. The van der Waals surface area contributed by atoms with Crippen LogP contribution < -0.4 is 10.1 Å². The fourth-order valence-corrected chi connectivity index (χ4v) is 2.78. The van der Waals surface area contributed by atoms with Crippen LogP contribution in [0.3, 0.4) is 0 Å². The molecule has 3 rings (SSSR count). The summed E-state index contributed by atoms with van der Waals surface area (Å²) < 4.78 is 5.37. The van der Waals surface area contributed by atoms with E-state index in [9.17, 15) is 4.79 Å². The molecule has 0 radical (unpaired) electrons. The molecule has 0 bridgehead atoms. The fourth-order valence-electron chi connectivity index (χ4n) is 1.83. The van der Waals surface area contributed by atoms with E-state index in [1.165, 1.54) is 11.3 Å². The van der Waals surface area contributed by atoms with Crippen molar-refractivity contribution in [3.05, 3.63) is 59.6 Å². The highest BCUT2D eigenvalue weighted by molar-refractivity contribution is 7.18. The number of carbonyl (C=O) groups is 1. The summed E-state index contributed by atoms with van der Waals surface area (Å²) in [6.07, 6.45) is 0. The minimum absolute atomic E-state index is 0.124. The van der Waals surface area contributed by atoms with Gasteiger partial charge in [-0.3, -0.25) is 10.1 Å². The molecule has 0 aliphatic heterocycles. The predicted octanol–water partition coefficient (Wildman–Crippen LogP) is 3.88. The molecule has 5 nitrogen and oxygen atoms in total. The fraction of sp³-hybridized carbons (Fsp3) is 0.0625. The lowest BCUT2D eigenvalue weighted by Crippen LogP contribution is -2.20. The number of nitrogens with one attached hydrogen (secondary N) is 1. The van der Waals surface area contributed by atoms with Crippen LogP contribution in [0.1, 0.15) is 0 Å². The first-order chi connectivity index (χ1) is 11.2. The lowest BCUT2D eigenvalue weighted by molar-refractivity contribution is -0.118. The van der Waals surface area contributed by atoms with Crippen molar-refractivity contribution in [2.24, 2.45) is 0 Å². The number of hydrogen-bond donors (Lipinski definition) is 1. The second kappa shape index (κ2) is 7.21. The highest BCUT2D eigenvalue weighted by Gasteiger charge is 2.10. The van der Waals surface area contributed by atoms with Crippen molar-refractivity contribution in [2.75, 3.05) is 11.9 Å². The van der Waals surface area contributed by atoms with E-state index in [-0.39, 0.29) is 12.5 Å². The van der Waals surface area contributed by atoms with Crippen LogP contribution in [0, 0.1) is 0 Å².